The predicted octanol–water partition coefficient (Wildman–Crippen LogP) is 1.75. The van der Waals surface area contributed by atoms with E-state index < -0.39 is 0 Å². The van der Waals surface area contributed by atoms with Crippen LogP contribution in [0.3, 0.4) is 0 Å². The third-order valence-corrected chi connectivity index (χ3v) is 4.59. The quantitative estimate of drug-likeness (QED) is 0.339. The van der Waals surface area contributed by atoms with E-state index in [2.05, 4.69) is 22.5 Å². The summed E-state index contributed by atoms with van der Waals surface area (Å²) in [6.45, 7) is 4.81. The number of ether oxygens (including phenoxy) is 1. The Morgan fingerprint density at radius 1 is 1.48 bits per heavy atom. The lowest BCUT2D eigenvalue weighted by Gasteiger charge is -2.27. The Kier molecular flexibility index (Phi) is 8.26. The molecule has 1 aliphatic heterocycles. The number of hydrogen-bond acceptors (Lipinski definition) is 3. The molecular weight excluding hydrogens is 381 g/mol. The van der Waals surface area contributed by atoms with Gasteiger partial charge in [-0.25, -0.2) is 0 Å². The summed E-state index contributed by atoms with van der Waals surface area (Å²) in [6.07, 6.45) is 5.63. The third kappa shape index (κ3) is 5.56. The van der Waals surface area contributed by atoms with Crippen LogP contribution < -0.4 is 10.6 Å². The molecule has 1 aliphatic carbocycles. The summed E-state index contributed by atoms with van der Waals surface area (Å²) >= 11 is 0. The molecule has 1 saturated heterocycles. The van der Waals surface area contributed by atoms with Crippen molar-refractivity contribution >= 4 is 29.9 Å². The Balaban J connectivity index is 0.00000220. The first-order chi connectivity index (χ1) is 9.73. The average Bonchev–Trinajstić information content (AvgIpc) is 3.00. The number of nitrogens with one attached hydrogen (secondary N) is 2. The molecule has 2 rings (SSSR count). The van der Waals surface area contributed by atoms with Crippen molar-refractivity contribution in [2.24, 2.45) is 16.3 Å². The molecule has 5 nitrogen and oxygen atoms in total. The highest BCUT2D eigenvalue weighted by Gasteiger charge is 2.38. The van der Waals surface area contributed by atoms with Crippen LogP contribution in [0, 0.1) is 11.3 Å². The number of halogens is 1. The van der Waals surface area contributed by atoms with Gasteiger partial charge in [-0.15, -0.1) is 24.0 Å². The first kappa shape index (κ1) is 19.0. The molecule has 1 saturated carbocycles. The van der Waals surface area contributed by atoms with Gasteiger partial charge in [-0.2, -0.15) is 0 Å². The van der Waals surface area contributed by atoms with Crippen molar-refractivity contribution < 1.29 is 9.84 Å². The first-order valence-corrected chi connectivity index (χ1v) is 7.89. The molecule has 0 aromatic heterocycles. The molecular formula is C15H30IN3O2. The second-order valence-electron chi connectivity index (χ2n) is 6.24. The van der Waals surface area contributed by atoms with E-state index in [1.807, 2.05) is 7.05 Å². The SMILES string of the molecule is CCCC1CC1NC(=NC)NCC1(CCO)CCOC1.I. The van der Waals surface area contributed by atoms with Gasteiger partial charge >= 0.3 is 0 Å². The molecule has 0 spiro atoms. The Morgan fingerprint density at radius 3 is 2.86 bits per heavy atom. The van der Waals surface area contributed by atoms with Gasteiger partial charge in [0.2, 0.25) is 0 Å². The van der Waals surface area contributed by atoms with Gasteiger partial charge in [0.1, 0.15) is 0 Å². The van der Waals surface area contributed by atoms with Crippen LogP contribution in [0.2, 0.25) is 0 Å². The molecule has 3 N–H and O–H groups in total. The van der Waals surface area contributed by atoms with E-state index in [-0.39, 0.29) is 36.0 Å². The van der Waals surface area contributed by atoms with Gasteiger partial charge in [0.15, 0.2) is 5.96 Å². The largest absolute Gasteiger partial charge is 0.396 e. The van der Waals surface area contributed by atoms with Gasteiger partial charge in [0.25, 0.3) is 0 Å². The van der Waals surface area contributed by atoms with Crippen LogP contribution in [-0.2, 0) is 4.74 Å². The second kappa shape index (κ2) is 9.15. The van der Waals surface area contributed by atoms with Crippen molar-refractivity contribution in [1.29, 1.82) is 0 Å². The smallest absolute Gasteiger partial charge is 0.191 e. The van der Waals surface area contributed by atoms with Gasteiger partial charge in [-0.05, 0) is 31.6 Å². The van der Waals surface area contributed by atoms with Crippen LogP contribution in [0.1, 0.15) is 39.0 Å². The molecule has 2 fully saturated rings. The van der Waals surface area contributed by atoms with Crippen LogP contribution in [-0.4, -0.2) is 50.5 Å². The summed E-state index contributed by atoms with van der Waals surface area (Å²) in [7, 11) is 1.82. The number of hydrogen-bond donors (Lipinski definition) is 3. The zero-order chi connectivity index (χ0) is 14.4. The maximum atomic E-state index is 9.23. The van der Waals surface area contributed by atoms with Crippen molar-refractivity contribution in [2.75, 3.05) is 33.4 Å². The molecule has 0 bridgehead atoms. The Labute approximate surface area is 145 Å². The summed E-state index contributed by atoms with van der Waals surface area (Å²) in [5, 5.41) is 16.1. The zero-order valence-corrected chi connectivity index (χ0v) is 15.6. The highest BCUT2D eigenvalue weighted by atomic mass is 127. The van der Waals surface area contributed by atoms with Crippen molar-refractivity contribution in [3.05, 3.63) is 0 Å². The summed E-state index contributed by atoms with van der Waals surface area (Å²) < 4.78 is 5.51. The predicted molar refractivity (Wildman–Crippen MR) is 96.3 cm³/mol. The van der Waals surface area contributed by atoms with Crippen molar-refractivity contribution in [1.82, 2.24) is 10.6 Å². The van der Waals surface area contributed by atoms with E-state index in [0.717, 1.165) is 44.5 Å². The summed E-state index contributed by atoms with van der Waals surface area (Å²) in [5.74, 6) is 1.71. The Morgan fingerprint density at radius 2 is 2.29 bits per heavy atom. The minimum atomic E-state index is 0. The number of guanidine groups is 1. The fourth-order valence-electron chi connectivity index (χ4n) is 3.07. The van der Waals surface area contributed by atoms with Crippen LogP contribution in [0.5, 0.6) is 0 Å². The van der Waals surface area contributed by atoms with Gasteiger partial charge in [-0.1, -0.05) is 13.3 Å². The second-order valence-corrected chi connectivity index (χ2v) is 6.24. The zero-order valence-electron chi connectivity index (χ0n) is 13.2. The van der Waals surface area contributed by atoms with Crippen LogP contribution in [0.4, 0.5) is 0 Å². The van der Waals surface area contributed by atoms with Gasteiger partial charge < -0.3 is 20.5 Å². The summed E-state index contributed by atoms with van der Waals surface area (Å²) in [5.41, 5.74) is 0.0682. The van der Waals surface area contributed by atoms with E-state index >= 15 is 0 Å². The van der Waals surface area contributed by atoms with Gasteiger partial charge in [0, 0.05) is 38.3 Å². The van der Waals surface area contributed by atoms with Gasteiger partial charge in [0.05, 0.1) is 6.61 Å². The van der Waals surface area contributed by atoms with E-state index in [1.54, 1.807) is 0 Å². The highest BCUT2D eigenvalue weighted by molar-refractivity contribution is 14.0. The fourth-order valence-corrected chi connectivity index (χ4v) is 3.07. The van der Waals surface area contributed by atoms with Crippen molar-refractivity contribution in [3.8, 4) is 0 Å². The molecule has 6 heteroatoms. The van der Waals surface area contributed by atoms with E-state index in [9.17, 15) is 5.11 Å². The molecule has 0 radical (unpaired) electrons. The summed E-state index contributed by atoms with van der Waals surface area (Å²) in [6, 6.07) is 0.592. The maximum absolute atomic E-state index is 9.23. The minimum Gasteiger partial charge on any atom is -0.396 e. The van der Waals surface area contributed by atoms with Crippen molar-refractivity contribution in [3.63, 3.8) is 0 Å². The third-order valence-electron chi connectivity index (χ3n) is 4.59. The standard InChI is InChI=1S/C15H29N3O2.HI/c1-3-4-12-9-13(12)18-14(16-2)17-10-15(5-7-19)6-8-20-11-15;/h12-13,19H,3-11H2,1-2H3,(H2,16,17,18);1H. The average molecular weight is 411 g/mol. The normalized spacial score (nSPS) is 31.7. The molecule has 124 valence electrons. The lowest BCUT2D eigenvalue weighted by Crippen LogP contribution is -2.45. The molecule has 21 heavy (non-hydrogen) atoms. The van der Waals surface area contributed by atoms with Crippen LogP contribution in [0.15, 0.2) is 4.99 Å². The molecule has 0 amide bonds. The number of aliphatic hydroxyl groups is 1. The van der Waals surface area contributed by atoms with Crippen LogP contribution in [0.25, 0.3) is 0 Å². The lowest BCUT2D eigenvalue weighted by molar-refractivity contribution is 0.127. The fraction of sp³-hybridized carbons (Fsp3) is 0.933. The molecule has 2 aliphatic rings. The molecule has 1 heterocycles. The molecule has 3 unspecified atom stereocenters. The highest BCUT2D eigenvalue weighted by Crippen LogP contribution is 2.34. The van der Waals surface area contributed by atoms with E-state index in [0.29, 0.717) is 6.04 Å². The van der Waals surface area contributed by atoms with E-state index in [1.165, 1.54) is 19.3 Å². The van der Waals surface area contributed by atoms with E-state index in [4.69, 9.17) is 4.74 Å². The molecule has 3 atom stereocenters. The van der Waals surface area contributed by atoms with Gasteiger partial charge in [-0.3, -0.25) is 4.99 Å². The lowest BCUT2D eigenvalue weighted by atomic mass is 9.84. The Bertz CT molecular complexity index is 333. The number of aliphatic imine (C=N–C) groups is 1. The maximum Gasteiger partial charge on any atom is 0.191 e. The molecule has 0 aromatic carbocycles. The molecule has 0 aromatic rings. The monoisotopic (exact) mass is 411 g/mol. The number of aliphatic hydroxyl groups excluding tert-OH is 1. The topological polar surface area (TPSA) is 65.9 Å². The first-order valence-electron chi connectivity index (χ1n) is 7.89. The van der Waals surface area contributed by atoms with Crippen molar-refractivity contribution in [2.45, 2.75) is 45.1 Å². The van der Waals surface area contributed by atoms with Crippen LogP contribution >= 0.6 is 24.0 Å². The number of nitrogens with zero attached hydrogens (tertiary/aromatic N) is 1. The number of rotatable bonds is 7. The Hall–Kier alpha value is -0.0800. The minimum absolute atomic E-state index is 0. The summed E-state index contributed by atoms with van der Waals surface area (Å²) in [4.78, 5) is 4.31.